The van der Waals surface area contributed by atoms with E-state index in [1.165, 1.54) is 0 Å². The molecule has 1 aliphatic rings. The largest absolute Gasteiger partial charge is 0.394 e. The van der Waals surface area contributed by atoms with Gasteiger partial charge in [-0.1, -0.05) is 13.8 Å². The second-order valence-corrected chi connectivity index (χ2v) is 6.97. The summed E-state index contributed by atoms with van der Waals surface area (Å²) in [5.74, 6) is 0.449. The standard InChI is InChI=1S/C14H22N2O3S/c1-3-15-20(18,19)13-6-4-12(5-7-13)16-9-8-11(2)14(16)10-17/h4-7,11,14-15,17H,3,8-10H2,1-2H3. The molecule has 5 nitrogen and oxygen atoms in total. The number of hydrogen-bond acceptors (Lipinski definition) is 4. The highest BCUT2D eigenvalue weighted by Gasteiger charge is 2.30. The van der Waals surface area contributed by atoms with Gasteiger partial charge in [0.25, 0.3) is 0 Å². The molecule has 0 saturated carbocycles. The summed E-state index contributed by atoms with van der Waals surface area (Å²) in [5, 5.41) is 9.47. The van der Waals surface area contributed by atoms with Crippen molar-refractivity contribution in [1.29, 1.82) is 0 Å². The third-order valence-corrected chi connectivity index (χ3v) is 5.44. The van der Waals surface area contributed by atoms with Crippen molar-refractivity contribution in [3.05, 3.63) is 24.3 Å². The van der Waals surface area contributed by atoms with E-state index in [0.717, 1.165) is 18.7 Å². The number of aliphatic hydroxyl groups excluding tert-OH is 1. The fourth-order valence-electron chi connectivity index (χ4n) is 2.70. The molecule has 112 valence electrons. The van der Waals surface area contributed by atoms with Crippen molar-refractivity contribution >= 4 is 15.7 Å². The molecule has 2 atom stereocenters. The highest BCUT2D eigenvalue weighted by molar-refractivity contribution is 7.89. The molecule has 20 heavy (non-hydrogen) atoms. The van der Waals surface area contributed by atoms with Crippen LogP contribution in [0.2, 0.25) is 0 Å². The summed E-state index contributed by atoms with van der Waals surface area (Å²) in [7, 11) is -3.40. The number of nitrogens with zero attached hydrogens (tertiary/aromatic N) is 1. The van der Waals surface area contributed by atoms with E-state index >= 15 is 0 Å². The Bertz CT molecular complexity index is 542. The quantitative estimate of drug-likeness (QED) is 0.857. The molecule has 0 bridgehead atoms. The Morgan fingerprint density at radius 2 is 2.00 bits per heavy atom. The average Bonchev–Trinajstić information content (AvgIpc) is 2.80. The summed E-state index contributed by atoms with van der Waals surface area (Å²) >= 11 is 0. The minimum atomic E-state index is -3.40. The number of sulfonamides is 1. The number of aliphatic hydroxyl groups is 1. The van der Waals surface area contributed by atoms with Crippen LogP contribution in [0.25, 0.3) is 0 Å². The first-order valence-corrected chi connectivity index (χ1v) is 8.45. The molecule has 1 saturated heterocycles. The first-order valence-electron chi connectivity index (χ1n) is 6.97. The molecule has 0 amide bonds. The fraction of sp³-hybridized carbons (Fsp3) is 0.571. The molecule has 1 aliphatic heterocycles. The molecule has 2 rings (SSSR count). The van der Waals surface area contributed by atoms with Crippen LogP contribution >= 0.6 is 0 Å². The van der Waals surface area contributed by atoms with Crippen molar-refractivity contribution in [3.8, 4) is 0 Å². The SMILES string of the molecule is CCNS(=O)(=O)c1ccc(N2CCC(C)C2CO)cc1. The molecule has 2 N–H and O–H groups in total. The van der Waals surface area contributed by atoms with Gasteiger partial charge in [0.1, 0.15) is 0 Å². The van der Waals surface area contributed by atoms with E-state index < -0.39 is 10.0 Å². The summed E-state index contributed by atoms with van der Waals surface area (Å²) in [6, 6.07) is 6.97. The van der Waals surface area contributed by atoms with Gasteiger partial charge in [0, 0.05) is 18.8 Å². The van der Waals surface area contributed by atoms with Crippen LogP contribution in [0.5, 0.6) is 0 Å². The smallest absolute Gasteiger partial charge is 0.240 e. The van der Waals surface area contributed by atoms with Gasteiger partial charge in [0.2, 0.25) is 10.0 Å². The lowest BCUT2D eigenvalue weighted by Crippen LogP contribution is -2.35. The van der Waals surface area contributed by atoms with E-state index in [9.17, 15) is 13.5 Å². The molecule has 0 aliphatic carbocycles. The highest BCUT2D eigenvalue weighted by Crippen LogP contribution is 2.29. The Hall–Kier alpha value is -1.11. The van der Waals surface area contributed by atoms with Crippen LogP contribution in [0.1, 0.15) is 20.3 Å². The molecule has 1 aromatic rings. The van der Waals surface area contributed by atoms with Gasteiger partial charge in [0.15, 0.2) is 0 Å². The molecule has 0 spiro atoms. The molecular weight excluding hydrogens is 276 g/mol. The zero-order valence-corrected chi connectivity index (χ0v) is 12.7. The minimum Gasteiger partial charge on any atom is -0.394 e. The van der Waals surface area contributed by atoms with Gasteiger partial charge in [-0.3, -0.25) is 0 Å². The van der Waals surface area contributed by atoms with Crippen LogP contribution in [0.4, 0.5) is 5.69 Å². The first-order chi connectivity index (χ1) is 9.49. The van der Waals surface area contributed by atoms with Crippen LogP contribution < -0.4 is 9.62 Å². The maximum atomic E-state index is 11.9. The number of rotatable bonds is 5. The van der Waals surface area contributed by atoms with Crippen molar-refractivity contribution < 1.29 is 13.5 Å². The molecule has 1 fully saturated rings. The zero-order chi connectivity index (χ0) is 14.8. The van der Waals surface area contributed by atoms with Crippen LogP contribution in [0, 0.1) is 5.92 Å². The van der Waals surface area contributed by atoms with Crippen molar-refractivity contribution in [2.45, 2.75) is 31.2 Å². The Labute approximate surface area is 120 Å². The first kappa shape index (κ1) is 15.3. The van der Waals surface area contributed by atoms with Crippen molar-refractivity contribution in [3.63, 3.8) is 0 Å². The number of nitrogens with one attached hydrogen (secondary N) is 1. The number of hydrogen-bond donors (Lipinski definition) is 2. The lowest BCUT2D eigenvalue weighted by molar-refractivity contribution is 0.245. The topological polar surface area (TPSA) is 69.6 Å². The molecule has 2 unspecified atom stereocenters. The summed E-state index contributed by atoms with van der Waals surface area (Å²) < 4.78 is 26.2. The molecule has 6 heteroatoms. The van der Waals surface area contributed by atoms with E-state index in [0.29, 0.717) is 12.5 Å². The Kier molecular flexibility index (Phi) is 4.67. The van der Waals surface area contributed by atoms with Crippen molar-refractivity contribution in [1.82, 2.24) is 4.72 Å². The normalized spacial score (nSPS) is 23.2. The Morgan fingerprint density at radius 1 is 1.35 bits per heavy atom. The molecule has 1 aromatic carbocycles. The summed E-state index contributed by atoms with van der Waals surface area (Å²) in [6.07, 6.45) is 1.04. The third kappa shape index (κ3) is 2.97. The van der Waals surface area contributed by atoms with Crippen molar-refractivity contribution in [2.75, 3.05) is 24.6 Å². The van der Waals surface area contributed by atoms with Crippen LogP contribution in [0.3, 0.4) is 0 Å². The highest BCUT2D eigenvalue weighted by atomic mass is 32.2. The minimum absolute atomic E-state index is 0.117. The average molecular weight is 298 g/mol. The second kappa shape index (κ2) is 6.11. The molecule has 0 aromatic heterocycles. The van der Waals surface area contributed by atoms with E-state index in [1.807, 2.05) is 12.1 Å². The Morgan fingerprint density at radius 3 is 2.55 bits per heavy atom. The van der Waals surface area contributed by atoms with E-state index in [2.05, 4.69) is 16.5 Å². The van der Waals surface area contributed by atoms with Gasteiger partial charge in [-0.15, -0.1) is 0 Å². The van der Waals surface area contributed by atoms with Crippen LogP contribution in [0.15, 0.2) is 29.2 Å². The zero-order valence-electron chi connectivity index (χ0n) is 11.9. The predicted molar refractivity (Wildman–Crippen MR) is 79.3 cm³/mol. The van der Waals surface area contributed by atoms with Crippen LogP contribution in [-0.4, -0.2) is 39.3 Å². The van der Waals surface area contributed by atoms with Gasteiger partial charge >= 0.3 is 0 Å². The summed E-state index contributed by atoms with van der Waals surface area (Å²) in [5.41, 5.74) is 0.962. The van der Waals surface area contributed by atoms with Gasteiger partial charge < -0.3 is 10.0 Å². The van der Waals surface area contributed by atoms with Gasteiger partial charge in [-0.2, -0.15) is 0 Å². The van der Waals surface area contributed by atoms with Gasteiger partial charge in [-0.25, -0.2) is 13.1 Å². The lowest BCUT2D eigenvalue weighted by atomic mass is 10.0. The maximum absolute atomic E-state index is 11.9. The summed E-state index contributed by atoms with van der Waals surface area (Å²) in [4.78, 5) is 2.42. The van der Waals surface area contributed by atoms with Gasteiger partial charge in [0.05, 0.1) is 17.5 Å². The molecule has 1 heterocycles. The molecular formula is C14H22N2O3S. The Balaban J connectivity index is 2.21. The second-order valence-electron chi connectivity index (χ2n) is 5.20. The van der Waals surface area contributed by atoms with Gasteiger partial charge in [-0.05, 0) is 36.6 Å². The third-order valence-electron chi connectivity index (χ3n) is 3.88. The lowest BCUT2D eigenvalue weighted by Gasteiger charge is -2.27. The van der Waals surface area contributed by atoms with E-state index in [-0.39, 0.29) is 17.5 Å². The predicted octanol–water partition coefficient (Wildman–Crippen LogP) is 1.19. The van der Waals surface area contributed by atoms with E-state index in [1.54, 1.807) is 19.1 Å². The van der Waals surface area contributed by atoms with E-state index in [4.69, 9.17) is 0 Å². The number of anilines is 1. The number of benzene rings is 1. The summed E-state index contributed by atoms with van der Waals surface area (Å²) in [6.45, 7) is 5.28. The van der Waals surface area contributed by atoms with Crippen LogP contribution in [-0.2, 0) is 10.0 Å². The van der Waals surface area contributed by atoms with Crippen molar-refractivity contribution in [2.24, 2.45) is 5.92 Å². The fourth-order valence-corrected chi connectivity index (χ4v) is 3.74. The monoisotopic (exact) mass is 298 g/mol. The maximum Gasteiger partial charge on any atom is 0.240 e. The molecule has 0 radical (unpaired) electrons.